The molecule has 2 aromatic rings. The van der Waals surface area contributed by atoms with Crippen molar-refractivity contribution in [2.45, 2.75) is 12.5 Å². The predicted octanol–water partition coefficient (Wildman–Crippen LogP) is 2.35. The van der Waals surface area contributed by atoms with Crippen molar-refractivity contribution in [1.29, 1.82) is 0 Å². The third-order valence-electron chi connectivity index (χ3n) is 3.12. The maximum atomic E-state index is 9.58. The molecule has 1 unspecified atom stereocenters. The van der Waals surface area contributed by atoms with Crippen LogP contribution in [-0.4, -0.2) is 16.8 Å². The van der Waals surface area contributed by atoms with Gasteiger partial charge in [0.05, 0.1) is 12.3 Å². The number of rotatable bonds is 1. The smallest absolute Gasteiger partial charge is 0.157 e. The normalized spacial score (nSPS) is 17.9. The summed E-state index contributed by atoms with van der Waals surface area (Å²) in [4.78, 5) is 0. The number of hydrogen-bond donors (Lipinski definition) is 3. The lowest BCUT2D eigenvalue weighted by molar-refractivity contribution is 0.396. The van der Waals surface area contributed by atoms with E-state index in [1.807, 2.05) is 12.1 Å². The molecule has 18 heavy (non-hydrogen) atoms. The molecule has 4 nitrogen and oxygen atoms in total. The van der Waals surface area contributed by atoms with Crippen molar-refractivity contribution in [3.8, 4) is 11.5 Å². The molecular weight excluding hydrogens is 254 g/mol. The number of fused-ring (bicyclic) bond motifs is 1. The van der Waals surface area contributed by atoms with E-state index in [2.05, 4.69) is 5.32 Å². The summed E-state index contributed by atoms with van der Waals surface area (Å²) in [6.07, 6.45) is 2.46. The Hall–Kier alpha value is -1.65. The molecule has 0 saturated heterocycles. The predicted molar refractivity (Wildman–Crippen MR) is 69.3 cm³/mol. The average Bonchev–Trinajstić information content (AvgIpc) is 2.83. The van der Waals surface area contributed by atoms with Gasteiger partial charge in [-0.1, -0.05) is 0 Å². The van der Waals surface area contributed by atoms with Gasteiger partial charge in [0, 0.05) is 6.54 Å². The standard InChI is InChI=1S/C13H13NO3.ClH/c15-10-6-8-3-4-14-13(9(8)7-11(10)16)12-2-1-5-17-12;/h1-2,5-7,13-16H,3-4H2;1H. The van der Waals surface area contributed by atoms with Crippen LogP contribution in [0.3, 0.4) is 0 Å². The SMILES string of the molecule is Cl.Oc1cc2c(cc1O)C(c1ccco1)NCC2. The molecule has 1 aliphatic heterocycles. The maximum Gasteiger partial charge on any atom is 0.157 e. The van der Waals surface area contributed by atoms with E-state index in [1.54, 1.807) is 18.4 Å². The first-order valence-corrected chi connectivity index (χ1v) is 5.57. The summed E-state index contributed by atoms with van der Waals surface area (Å²) in [5.74, 6) is 0.656. The van der Waals surface area contributed by atoms with Crippen LogP contribution in [0.25, 0.3) is 0 Å². The van der Waals surface area contributed by atoms with Crippen LogP contribution in [0.2, 0.25) is 0 Å². The molecule has 0 spiro atoms. The van der Waals surface area contributed by atoms with Crippen molar-refractivity contribution in [2.24, 2.45) is 0 Å². The van der Waals surface area contributed by atoms with Gasteiger partial charge in [-0.15, -0.1) is 12.4 Å². The molecule has 0 saturated carbocycles. The van der Waals surface area contributed by atoms with E-state index in [9.17, 15) is 10.2 Å². The Bertz CT molecular complexity index is 539. The number of aromatic hydroxyl groups is 2. The second-order valence-corrected chi connectivity index (χ2v) is 4.19. The molecule has 3 N–H and O–H groups in total. The molecule has 3 rings (SSSR count). The summed E-state index contributed by atoms with van der Waals surface area (Å²) in [6, 6.07) is 6.91. The molecule has 1 aromatic heterocycles. The van der Waals surface area contributed by atoms with E-state index in [-0.39, 0.29) is 29.9 Å². The highest BCUT2D eigenvalue weighted by atomic mass is 35.5. The van der Waals surface area contributed by atoms with Crippen molar-refractivity contribution in [3.63, 3.8) is 0 Å². The van der Waals surface area contributed by atoms with Crippen molar-refractivity contribution < 1.29 is 14.6 Å². The van der Waals surface area contributed by atoms with Gasteiger partial charge in [0.15, 0.2) is 11.5 Å². The van der Waals surface area contributed by atoms with Gasteiger partial charge in [-0.2, -0.15) is 0 Å². The highest BCUT2D eigenvalue weighted by molar-refractivity contribution is 5.85. The Morgan fingerprint density at radius 2 is 2.00 bits per heavy atom. The first-order chi connectivity index (χ1) is 8.25. The van der Waals surface area contributed by atoms with E-state index < -0.39 is 0 Å². The molecule has 5 heteroatoms. The van der Waals surface area contributed by atoms with Crippen molar-refractivity contribution in [2.75, 3.05) is 6.54 Å². The van der Waals surface area contributed by atoms with Gasteiger partial charge in [-0.05, 0) is 41.8 Å². The number of furan rings is 1. The molecule has 0 amide bonds. The van der Waals surface area contributed by atoms with Crippen molar-refractivity contribution in [3.05, 3.63) is 47.4 Å². The minimum atomic E-state index is -0.0935. The molecule has 0 aliphatic carbocycles. The topological polar surface area (TPSA) is 65.6 Å². The van der Waals surface area contributed by atoms with Gasteiger partial charge in [0.1, 0.15) is 5.76 Å². The maximum absolute atomic E-state index is 9.58. The van der Waals surface area contributed by atoms with Crippen LogP contribution < -0.4 is 5.32 Å². The van der Waals surface area contributed by atoms with E-state index in [4.69, 9.17) is 4.42 Å². The molecule has 1 aliphatic rings. The van der Waals surface area contributed by atoms with Crippen LogP contribution in [-0.2, 0) is 6.42 Å². The third kappa shape index (κ3) is 2.05. The Kier molecular flexibility index (Phi) is 3.50. The number of nitrogens with one attached hydrogen (secondary N) is 1. The molecule has 2 heterocycles. The highest BCUT2D eigenvalue weighted by Crippen LogP contribution is 2.36. The van der Waals surface area contributed by atoms with Gasteiger partial charge in [0.25, 0.3) is 0 Å². The molecular formula is C13H14ClNO3. The number of halogens is 1. The van der Waals surface area contributed by atoms with Crippen LogP contribution >= 0.6 is 12.4 Å². The quantitative estimate of drug-likeness (QED) is 0.694. The fourth-order valence-electron chi connectivity index (χ4n) is 2.29. The summed E-state index contributed by atoms with van der Waals surface area (Å²) in [7, 11) is 0. The molecule has 0 bridgehead atoms. The number of phenols is 2. The highest BCUT2D eigenvalue weighted by Gasteiger charge is 2.24. The summed E-state index contributed by atoms with van der Waals surface area (Å²) < 4.78 is 5.39. The second kappa shape index (κ2) is 4.92. The van der Waals surface area contributed by atoms with Gasteiger partial charge in [-0.3, -0.25) is 0 Å². The summed E-state index contributed by atoms with van der Waals surface area (Å²) >= 11 is 0. The van der Waals surface area contributed by atoms with E-state index in [0.717, 1.165) is 29.9 Å². The zero-order valence-electron chi connectivity index (χ0n) is 9.59. The molecule has 0 radical (unpaired) electrons. The lowest BCUT2D eigenvalue weighted by Crippen LogP contribution is -2.30. The Morgan fingerprint density at radius 1 is 1.22 bits per heavy atom. The lowest BCUT2D eigenvalue weighted by Gasteiger charge is -2.25. The third-order valence-corrected chi connectivity index (χ3v) is 3.12. The molecule has 1 aromatic carbocycles. The largest absolute Gasteiger partial charge is 0.504 e. The van der Waals surface area contributed by atoms with Gasteiger partial charge in [-0.25, -0.2) is 0 Å². The summed E-state index contributed by atoms with van der Waals surface area (Å²) in [5.41, 5.74) is 2.00. The molecule has 0 fully saturated rings. The zero-order chi connectivity index (χ0) is 11.8. The van der Waals surface area contributed by atoms with Crippen LogP contribution in [0.15, 0.2) is 34.9 Å². The molecule has 96 valence electrons. The minimum Gasteiger partial charge on any atom is -0.504 e. The first-order valence-electron chi connectivity index (χ1n) is 5.57. The average molecular weight is 268 g/mol. The second-order valence-electron chi connectivity index (χ2n) is 4.19. The van der Waals surface area contributed by atoms with Crippen LogP contribution in [0.4, 0.5) is 0 Å². The van der Waals surface area contributed by atoms with E-state index >= 15 is 0 Å². The fourth-order valence-corrected chi connectivity index (χ4v) is 2.29. The van der Waals surface area contributed by atoms with Crippen molar-refractivity contribution in [1.82, 2.24) is 5.32 Å². The number of benzene rings is 1. The lowest BCUT2D eigenvalue weighted by atomic mass is 9.92. The van der Waals surface area contributed by atoms with Gasteiger partial charge < -0.3 is 19.9 Å². The fraction of sp³-hybridized carbons (Fsp3) is 0.231. The van der Waals surface area contributed by atoms with E-state index in [0.29, 0.717) is 0 Å². The minimum absolute atomic E-state index is 0. The van der Waals surface area contributed by atoms with Crippen molar-refractivity contribution >= 4 is 12.4 Å². The van der Waals surface area contributed by atoms with Crippen LogP contribution in [0.1, 0.15) is 22.9 Å². The van der Waals surface area contributed by atoms with Crippen LogP contribution in [0, 0.1) is 0 Å². The van der Waals surface area contributed by atoms with E-state index in [1.165, 1.54) is 0 Å². The Labute approximate surface area is 111 Å². The Balaban J connectivity index is 0.00000120. The number of phenolic OH excluding ortho intramolecular Hbond substituents is 2. The first kappa shape index (κ1) is 12.8. The summed E-state index contributed by atoms with van der Waals surface area (Å²) in [5, 5.41) is 22.4. The number of hydrogen-bond acceptors (Lipinski definition) is 4. The van der Waals surface area contributed by atoms with Gasteiger partial charge in [0.2, 0.25) is 0 Å². The molecule has 1 atom stereocenters. The Morgan fingerprint density at radius 3 is 2.72 bits per heavy atom. The van der Waals surface area contributed by atoms with Crippen LogP contribution in [0.5, 0.6) is 11.5 Å². The summed E-state index contributed by atoms with van der Waals surface area (Å²) in [6.45, 7) is 0.822. The van der Waals surface area contributed by atoms with Gasteiger partial charge >= 0.3 is 0 Å². The monoisotopic (exact) mass is 267 g/mol. The zero-order valence-corrected chi connectivity index (χ0v) is 10.4.